The van der Waals surface area contributed by atoms with Crippen LogP contribution in [0.2, 0.25) is 0 Å². The summed E-state index contributed by atoms with van der Waals surface area (Å²) in [6.07, 6.45) is 7.33. The first-order chi connectivity index (χ1) is 9.92. The Labute approximate surface area is 125 Å². The van der Waals surface area contributed by atoms with Crippen LogP contribution < -0.4 is 0 Å². The Balaban J connectivity index is 3.14. The molecule has 0 aromatic heterocycles. The molecule has 5 heteroatoms. The summed E-state index contributed by atoms with van der Waals surface area (Å²) in [7, 11) is 0. The van der Waals surface area contributed by atoms with E-state index in [-0.39, 0.29) is 5.97 Å². The molecular weight excluding hydrogens is 281 g/mol. The third-order valence-corrected chi connectivity index (χ3v) is 3.09. The second kappa shape index (κ2) is 12.7. The minimum atomic E-state index is -4.08. The number of hydrogen-bond acceptors (Lipinski definition) is 2. The predicted octanol–water partition coefficient (Wildman–Crippen LogP) is 5.57. The van der Waals surface area contributed by atoms with Crippen LogP contribution in [0.3, 0.4) is 0 Å². The zero-order valence-corrected chi connectivity index (χ0v) is 12.9. The number of ether oxygens (including phenoxy) is 1. The topological polar surface area (TPSA) is 26.3 Å². The van der Waals surface area contributed by atoms with E-state index in [9.17, 15) is 18.0 Å². The van der Waals surface area contributed by atoms with Gasteiger partial charge in [-0.15, -0.1) is 0 Å². The quantitative estimate of drug-likeness (QED) is 0.268. The number of esters is 1. The Kier molecular flexibility index (Phi) is 12.1. The summed E-state index contributed by atoms with van der Waals surface area (Å²) in [5.74, 6) is -0.223. The molecule has 0 saturated heterocycles. The molecular formula is C16H27F3O2. The monoisotopic (exact) mass is 308 g/mol. The van der Waals surface area contributed by atoms with E-state index in [1.165, 1.54) is 25.8 Å². The van der Waals surface area contributed by atoms with Gasteiger partial charge < -0.3 is 4.74 Å². The van der Waals surface area contributed by atoms with Crippen LogP contribution in [-0.2, 0) is 9.53 Å². The van der Waals surface area contributed by atoms with Crippen molar-refractivity contribution in [3.8, 4) is 0 Å². The van der Waals surface area contributed by atoms with E-state index in [4.69, 9.17) is 4.74 Å². The van der Waals surface area contributed by atoms with Gasteiger partial charge in [-0.05, 0) is 19.3 Å². The maximum Gasteiger partial charge on any atom is 0.392 e. The van der Waals surface area contributed by atoms with Crippen LogP contribution in [0.4, 0.5) is 13.2 Å². The van der Waals surface area contributed by atoms with Gasteiger partial charge in [0.15, 0.2) is 0 Å². The Morgan fingerprint density at radius 1 is 0.905 bits per heavy atom. The van der Waals surface area contributed by atoms with Crippen LogP contribution in [-0.4, -0.2) is 18.8 Å². The third kappa shape index (κ3) is 19.0. The average Bonchev–Trinajstić information content (AvgIpc) is 2.37. The number of carbonyl (C=O) groups excluding carboxylic acids is 1. The van der Waals surface area contributed by atoms with Crippen molar-refractivity contribution in [1.82, 2.24) is 0 Å². The zero-order chi connectivity index (χ0) is 16.0. The largest absolute Gasteiger partial charge is 0.466 e. The molecule has 0 amide bonds. The smallest absolute Gasteiger partial charge is 0.392 e. The van der Waals surface area contributed by atoms with Crippen molar-refractivity contribution < 1.29 is 22.7 Å². The van der Waals surface area contributed by atoms with E-state index in [0.29, 0.717) is 6.61 Å². The van der Waals surface area contributed by atoms with Gasteiger partial charge in [0, 0.05) is 6.92 Å². The van der Waals surface area contributed by atoms with E-state index in [1.807, 2.05) is 0 Å². The molecule has 21 heavy (non-hydrogen) atoms. The van der Waals surface area contributed by atoms with E-state index in [2.05, 4.69) is 0 Å². The second-order valence-electron chi connectivity index (χ2n) is 5.25. The summed E-state index contributed by atoms with van der Waals surface area (Å²) < 4.78 is 40.4. The van der Waals surface area contributed by atoms with Gasteiger partial charge in [0.1, 0.15) is 0 Å². The van der Waals surface area contributed by atoms with E-state index in [0.717, 1.165) is 44.9 Å². The standard InChI is InChI=1S/C16H27F3O2/c1-15(20)21-14-12-10-8-6-4-2-3-5-7-9-11-13-16(17,18)19/h9,11H,2-8,10,12-14H2,1H3/b11-9-. The maximum absolute atomic E-state index is 11.8. The first-order valence-electron chi connectivity index (χ1n) is 7.77. The van der Waals surface area contributed by atoms with Gasteiger partial charge >= 0.3 is 12.1 Å². The van der Waals surface area contributed by atoms with Crippen molar-refractivity contribution in [2.45, 2.75) is 77.3 Å². The Hall–Kier alpha value is -1.00. The highest BCUT2D eigenvalue weighted by Gasteiger charge is 2.24. The Bertz CT molecular complexity index is 286. The van der Waals surface area contributed by atoms with Gasteiger partial charge in [0.2, 0.25) is 0 Å². The lowest BCUT2D eigenvalue weighted by Gasteiger charge is -2.03. The molecule has 0 aliphatic rings. The third-order valence-electron chi connectivity index (χ3n) is 3.09. The molecule has 0 N–H and O–H groups in total. The van der Waals surface area contributed by atoms with Crippen LogP contribution >= 0.6 is 0 Å². The molecule has 0 spiro atoms. The summed E-state index contributed by atoms with van der Waals surface area (Å²) in [5.41, 5.74) is 0. The Morgan fingerprint density at radius 3 is 1.95 bits per heavy atom. The highest BCUT2D eigenvalue weighted by molar-refractivity contribution is 5.65. The molecule has 2 nitrogen and oxygen atoms in total. The average molecular weight is 308 g/mol. The molecule has 0 fully saturated rings. The molecule has 0 radical (unpaired) electrons. The molecule has 0 bridgehead atoms. The highest BCUT2D eigenvalue weighted by atomic mass is 19.4. The molecule has 0 unspecified atom stereocenters. The number of rotatable bonds is 12. The molecule has 0 aromatic carbocycles. The van der Waals surface area contributed by atoms with Crippen molar-refractivity contribution in [3.63, 3.8) is 0 Å². The number of allylic oxidation sites excluding steroid dienone is 2. The van der Waals surface area contributed by atoms with Gasteiger partial charge in [0.25, 0.3) is 0 Å². The van der Waals surface area contributed by atoms with Gasteiger partial charge in [0.05, 0.1) is 13.0 Å². The number of alkyl halides is 3. The summed E-state index contributed by atoms with van der Waals surface area (Å²) in [4.78, 5) is 10.5. The number of hydrogen-bond donors (Lipinski definition) is 0. The van der Waals surface area contributed by atoms with Gasteiger partial charge in [-0.3, -0.25) is 4.79 Å². The van der Waals surface area contributed by atoms with Crippen LogP contribution in [0.5, 0.6) is 0 Å². The van der Waals surface area contributed by atoms with Crippen molar-refractivity contribution in [3.05, 3.63) is 12.2 Å². The lowest BCUT2D eigenvalue weighted by atomic mass is 10.1. The summed E-state index contributed by atoms with van der Waals surface area (Å²) in [6, 6.07) is 0. The fourth-order valence-electron chi connectivity index (χ4n) is 1.98. The maximum atomic E-state index is 11.8. The van der Waals surface area contributed by atoms with E-state index < -0.39 is 12.6 Å². The normalized spacial score (nSPS) is 12.0. The molecule has 0 rings (SSSR count). The van der Waals surface area contributed by atoms with Crippen molar-refractivity contribution in [2.75, 3.05) is 6.61 Å². The predicted molar refractivity (Wildman–Crippen MR) is 78.0 cm³/mol. The fraction of sp³-hybridized carbons (Fsp3) is 0.812. The molecule has 0 aromatic rings. The van der Waals surface area contributed by atoms with Crippen LogP contribution in [0.1, 0.15) is 71.1 Å². The lowest BCUT2D eigenvalue weighted by Crippen LogP contribution is -2.03. The van der Waals surface area contributed by atoms with Crippen LogP contribution in [0.15, 0.2) is 12.2 Å². The minimum Gasteiger partial charge on any atom is -0.466 e. The van der Waals surface area contributed by atoms with Crippen LogP contribution in [0, 0.1) is 0 Å². The molecule has 0 saturated carbocycles. The molecule has 0 aliphatic carbocycles. The van der Waals surface area contributed by atoms with Gasteiger partial charge in [-0.25, -0.2) is 0 Å². The van der Waals surface area contributed by atoms with Crippen LogP contribution in [0.25, 0.3) is 0 Å². The number of halogens is 3. The molecule has 0 heterocycles. The SMILES string of the molecule is CC(=O)OCCCCCCCCCC/C=C\CC(F)(F)F. The van der Waals surface area contributed by atoms with E-state index in [1.54, 1.807) is 6.08 Å². The highest BCUT2D eigenvalue weighted by Crippen LogP contribution is 2.20. The summed E-state index contributed by atoms with van der Waals surface area (Å²) in [5, 5.41) is 0. The lowest BCUT2D eigenvalue weighted by molar-refractivity contribution is -0.141. The van der Waals surface area contributed by atoms with Crippen molar-refractivity contribution >= 4 is 5.97 Å². The van der Waals surface area contributed by atoms with Gasteiger partial charge in [-0.1, -0.05) is 50.7 Å². The first-order valence-corrected chi connectivity index (χ1v) is 7.77. The van der Waals surface area contributed by atoms with Gasteiger partial charge in [-0.2, -0.15) is 13.2 Å². The Morgan fingerprint density at radius 2 is 1.43 bits per heavy atom. The number of unbranched alkanes of at least 4 members (excludes halogenated alkanes) is 8. The van der Waals surface area contributed by atoms with Crippen molar-refractivity contribution in [2.24, 2.45) is 0 Å². The molecule has 124 valence electrons. The molecule has 0 aliphatic heterocycles. The zero-order valence-electron chi connectivity index (χ0n) is 12.9. The van der Waals surface area contributed by atoms with E-state index >= 15 is 0 Å². The van der Waals surface area contributed by atoms with Crippen molar-refractivity contribution in [1.29, 1.82) is 0 Å². The fourth-order valence-corrected chi connectivity index (χ4v) is 1.98. The first kappa shape index (κ1) is 20.0. The number of carbonyl (C=O) groups is 1. The second-order valence-corrected chi connectivity index (χ2v) is 5.25. The summed E-state index contributed by atoms with van der Waals surface area (Å²) >= 11 is 0. The minimum absolute atomic E-state index is 0.223. The molecule has 0 atom stereocenters. The summed E-state index contributed by atoms with van der Waals surface area (Å²) in [6.45, 7) is 1.93.